The lowest BCUT2D eigenvalue weighted by atomic mass is 10.1. The third-order valence-electron chi connectivity index (χ3n) is 2.54. The van der Waals surface area contributed by atoms with Crippen LogP contribution in [0.15, 0.2) is 24.3 Å². The summed E-state index contributed by atoms with van der Waals surface area (Å²) >= 11 is 0. The first kappa shape index (κ1) is 15.0. The van der Waals surface area contributed by atoms with Gasteiger partial charge in [-0.1, -0.05) is 12.1 Å². The third kappa shape index (κ3) is 4.97. The Labute approximate surface area is 111 Å². The van der Waals surface area contributed by atoms with E-state index in [1.807, 2.05) is 0 Å². The number of rotatable bonds is 7. The van der Waals surface area contributed by atoms with Crippen LogP contribution in [0.4, 0.5) is 0 Å². The highest BCUT2D eigenvalue weighted by Crippen LogP contribution is 2.12. The molecule has 1 unspecified atom stereocenters. The summed E-state index contributed by atoms with van der Waals surface area (Å²) in [6.07, 6.45) is -0.873. The fourth-order valence-electron chi connectivity index (χ4n) is 1.51. The average molecular weight is 267 g/mol. The van der Waals surface area contributed by atoms with Gasteiger partial charge in [-0.15, -0.1) is 0 Å². The van der Waals surface area contributed by atoms with Crippen molar-refractivity contribution in [1.82, 2.24) is 5.32 Å². The second kappa shape index (κ2) is 7.38. The van der Waals surface area contributed by atoms with Gasteiger partial charge in [-0.2, -0.15) is 0 Å². The maximum absolute atomic E-state index is 11.7. The molecule has 104 valence electrons. The lowest BCUT2D eigenvalue weighted by Gasteiger charge is -2.11. The summed E-state index contributed by atoms with van der Waals surface area (Å²) in [7, 11) is 2.84. The molecular weight excluding hydrogens is 250 g/mol. The number of benzene rings is 1. The summed E-state index contributed by atoms with van der Waals surface area (Å²) in [5.41, 5.74) is 0.793. The molecule has 0 spiro atoms. The molecule has 19 heavy (non-hydrogen) atoms. The first-order valence-corrected chi connectivity index (χ1v) is 5.72. The summed E-state index contributed by atoms with van der Waals surface area (Å²) in [6, 6.07) is 7.13. The molecule has 0 aromatic heterocycles. The van der Waals surface area contributed by atoms with E-state index < -0.39 is 12.1 Å². The minimum atomic E-state index is -1.11. The summed E-state index contributed by atoms with van der Waals surface area (Å²) in [5, 5.41) is 11.3. The van der Waals surface area contributed by atoms with Gasteiger partial charge in [0.15, 0.2) is 6.10 Å². The number of carboxylic acid groups (broad SMARTS) is 1. The van der Waals surface area contributed by atoms with Gasteiger partial charge in [0.25, 0.3) is 0 Å². The highest BCUT2D eigenvalue weighted by atomic mass is 16.5. The van der Waals surface area contributed by atoms with Gasteiger partial charge < -0.3 is 19.9 Å². The largest absolute Gasteiger partial charge is 0.497 e. The Morgan fingerprint density at radius 1 is 1.37 bits per heavy atom. The van der Waals surface area contributed by atoms with Crippen LogP contribution in [0.5, 0.6) is 5.75 Å². The second-order valence-corrected chi connectivity index (χ2v) is 3.89. The molecule has 0 aliphatic rings. The van der Waals surface area contributed by atoms with Crippen LogP contribution in [0.1, 0.15) is 5.56 Å². The van der Waals surface area contributed by atoms with Crippen LogP contribution in [0.3, 0.4) is 0 Å². The first-order chi connectivity index (χ1) is 9.06. The molecule has 2 N–H and O–H groups in total. The van der Waals surface area contributed by atoms with Gasteiger partial charge in [0.1, 0.15) is 5.75 Å². The quantitative estimate of drug-likeness (QED) is 0.749. The third-order valence-corrected chi connectivity index (χ3v) is 2.54. The summed E-state index contributed by atoms with van der Waals surface area (Å²) in [6.45, 7) is -0.0609. The molecule has 6 nitrogen and oxygen atoms in total. The molecule has 0 aliphatic heterocycles. The maximum atomic E-state index is 11.7. The zero-order chi connectivity index (χ0) is 14.3. The number of aliphatic carboxylic acids is 1. The molecule has 1 rings (SSSR count). The molecule has 0 heterocycles. The monoisotopic (exact) mass is 267 g/mol. The van der Waals surface area contributed by atoms with Crippen molar-refractivity contribution in [2.45, 2.75) is 12.5 Å². The first-order valence-electron chi connectivity index (χ1n) is 5.72. The Morgan fingerprint density at radius 2 is 2.11 bits per heavy atom. The predicted octanol–water partition coefficient (Wildman–Crippen LogP) is 0.453. The van der Waals surface area contributed by atoms with Crippen molar-refractivity contribution in [3.63, 3.8) is 0 Å². The summed E-state index contributed by atoms with van der Waals surface area (Å²) in [4.78, 5) is 22.3. The van der Waals surface area contributed by atoms with Crippen LogP contribution in [0.25, 0.3) is 0 Å². The van der Waals surface area contributed by atoms with E-state index in [1.54, 1.807) is 31.4 Å². The van der Waals surface area contributed by atoms with Crippen molar-refractivity contribution in [3.05, 3.63) is 29.8 Å². The molecule has 0 bridgehead atoms. The van der Waals surface area contributed by atoms with Crippen molar-refractivity contribution >= 4 is 11.9 Å². The fraction of sp³-hybridized carbons (Fsp3) is 0.385. The van der Waals surface area contributed by atoms with E-state index in [0.29, 0.717) is 5.75 Å². The molecule has 1 aromatic carbocycles. The van der Waals surface area contributed by atoms with Crippen LogP contribution < -0.4 is 10.1 Å². The van der Waals surface area contributed by atoms with E-state index in [4.69, 9.17) is 14.6 Å². The van der Waals surface area contributed by atoms with E-state index in [1.165, 1.54) is 7.11 Å². The lowest BCUT2D eigenvalue weighted by molar-refractivity contribution is -0.148. The SMILES string of the molecule is COc1cccc(CC(=O)NCC(OC)C(=O)O)c1. The number of nitrogens with one attached hydrogen (secondary N) is 1. The van der Waals surface area contributed by atoms with E-state index in [2.05, 4.69) is 5.32 Å². The van der Waals surface area contributed by atoms with E-state index in [0.717, 1.165) is 5.56 Å². The van der Waals surface area contributed by atoms with Crippen molar-refractivity contribution in [1.29, 1.82) is 0 Å². The minimum absolute atomic E-state index is 0.0609. The van der Waals surface area contributed by atoms with Gasteiger partial charge in [-0.25, -0.2) is 4.79 Å². The molecule has 0 radical (unpaired) electrons. The highest BCUT2D eigenvalue weighted by Gasteiger charge is 2.17. The van der Waals surface area contributed by atoms with Crippen molar-refractivity contribution < 1.29 is 24.2 Å². The molecule has 0 aliphatic carbocycles. The van der Waals surface area contributed by atoms with Gasteiger partial charge in [-0.3, -0.25) is 4.79 Å². The number of carboxylic acids is 1. The average Bonchev–Trinajstić information content (AvgIpc) is 2.39. The number of hydrogen-bond acceptors (Lipinski definition) is 4. The van der Waals surface area contributed by atoms with Crippen LogP contribution in [0, 0.1) is 0 Å². The minimum Gasteiger partial charge on any atom is -0.497 e. The van der Waals surface area contributed by atoms with Crippen LogP contribution >= 0.6 is 0 Å². The number of amides is 1. The number of methoxy groups -OCH3 is 2. The molecule has 1 aromatic rings. The molecule has 1 atom stereocenters. The summed E-state index contributed by atoms with van der Waals surface area (Å²) < 4.78 is 9.77. The van der Waals surface area contributed by atoms with Gasteiger partial charge in [0, 0.05) is 7.11 Å². The zero-order valence-electron chi connectivity index (χ0n) is 10.9. The second-order valence-electron chi connectivity index (χ2n) is 3.89. The highest BCUT2D eigenvalue weighted by molar-refractivity contribution is 5.80. The summed E-state index contributed by atoms with van der Waals surface area (Å²) in [5.74, 6) is -0.702. The molecule has 6 heteroatoms. The van der Waals surface area contributed by atoms with Crippen molar-refractivity contribution in [3.8, 4) is 5.75 Å². The number of hydrogen-bond donors (Lipinski definition) is 2. The van der Waals surface area contributed by atoms with Crippen LogP contribution in [-0.4, -0.2) is 43.9 Å². The van der Waals surface area contributed by atoms with Crippen LogP contribution in [0.2, 0.25) is 0 Å². The smallest absolute Gasteiger partial charge is 0.334 e. The van der Waals surface area contributed by atoms with E-state index >= 15 is 0 Å². The maximum Gasteiger partial charge on any atom is 0.334 e. The van der Waals surface area contributed by atoms with Crippen molar-refractivity contribution in [2.24, 2.45) is 0 Å². The van der Waals surface area contributed by atoms with E-state index in [9.17, 15) is 9.59 Å². The Hall–Kier alpha value is -2.08. The van der Waals surface area contributed by atoms with Crippen molar-refractivity contribution in [2.75, 3.05) is 20.8 Å². The number of carbonyl (C=O) groups excluding carboxylic acids is 1. The Morgan fingerprint density at radius 3 is 2.68 bits per heavy atom. The molecule has 0 saturated carbocycles. The fourth-order valence-corrected chi connectivity index (χ4v) is 1.51. The zero-order valence-corrected chi connectivity index (χ0v) is 10.9. The predicted molar refractivity (Wildman–Crippen MR) is 68.1 cm³/mol. The Kier molecular flexibility index (Phi) is 5.81. The van der Waals surface area contributed by atoms with Gasteiger partial charge in [0.2, 0.25) is 5.91 Å². The molecule has 1 amide bonds. The molecule has 0 saturated heterocycles. The number of carbonyl (C=O) groups is 2. The van der Waals surface area contributed by atoms with Gasteiger partial charge in [-0.05, 0) is 17.7 Å². The normalized spacial score (nSPS) is 11.7. The van der Waals surface area contributed by atoms with E-state index in [-0.39, 0.29) is 18.9 Å². The topological polar surface area (TPSA) is 84.9 Å². The van der Waals surface area contributed by atoms with Gasteiger partial charge in [0.05, 0.1) is 20.1 Å². The number of ether oxygens (including phenoxy) is 2. The molecular formula is C13H17NO5. The Bertz CT molecular complexity index is 446. The van der Waals surface area contributed by atoms with Crippen LogP contribution in [-0.2, 0) is 20.7 Å². The molecule has 0 fully saturated rings. The Balaban J connectivity index is 2.48. The standard InChI is InChI=1S/C13H17NO5/c1-18-10-5-3-4-9(6-10)7-12(15)14-8-11(19-2)13(16)17/h3-6,11H,7-8H2,1-2H3,(H,14,15)(H,16,17). The lowest BCUT2D eigenvalue weighted by Crippen LogP contribution is -2.38. The van der Waals surface area contributed by atoms with Gasteiger partial charge >= 0.3 is 5.97 Å².